The first-order valence-corrected chi connectivity index (χ1v) is 7.60. The molecule has 1 aromatic heterocycles. The Bertz CT molecular complexity index is 554. The first-order chi connectivity index (χ1) is 10.2. The summed E-state index contributed by atoms with van der Waals surface area (Å²) in [6.07, 6.45) is 3.19. The summed E-state index contributed by atoms with van der Waals surface area (Å²) in [7, 11) is 1.68. The van der Waals surface area contributed by atoms with Gasteiger partial charge in [-0.15, -0.1) is 0 Å². The summed E-state index contributed by atoms with van der Waals surface area (Å²) in [5.41, 5.74) is 0.412. The largest absolute Gasteiger partial charge is 0.441 e. The number of ether oxygens (including phenoxy) is 1. The number of halogens is 2. The fraction of sp³-hybridized carbons (Fsp3) is 0.400. The third-order valence-electron chi connectivity index (χ3n) is 2.99. The lowest BCUT2D eigenvalue weighted by Gasteiger charge is -2.03. The molecule has 0 spiro atoms. The monoisotopic (exact) mass is 356 g/mol. The average molecular weight is 357 g/mol. The van der Waals surface area contributed by atoms with Crippen molar-refractivity contribution in [2.45, 2.75) is 12.8 Å². The van der Waals surface area contributed by atoms with Crippen molar-refractivity contribution in [1.82, 2.24) is 10.3 Å². The van der Waals surface area contributed by atoms with Crippen LogP contribution < -0.4 is 5.32 Å². The van der Waals surface area contributed by atoms with Gasteiger partial charge in [0.1, 0.15) is 5.82 Å². The molecule has 1 N–H and O–H groups in total. The number of aromatic nitrogens is 1. The van der Waals surface area contributed by atoms with E-state index in [1.807, 2.05) is 0 Å². The number of rotatable bonds is 8. The van der Waals surface area contributed by atoms with Gasteiger partial charge in [-0.2, -0.15) is 0 Å². The van der Waals surface area contributed by atoms with E-state index >= 15 is 0 Å². The highest BCUT2D eigenvalue weighted by Gasteiger charge is 2.14. The maximum Gasteiger partial charge on any atom is 0.194 e. The second kappa shape index (κ2) is 8.26. The van der Waals surface area contributed by atoms with Crippen LogP contribution in [0.2, 0.25) is 0 Å². The molecule has 0 bridgehead atoms. The van der Waals surface area contributed by atoms with Crippen molar-refractivity contribution in [3.8, 4) is 11.3 Å². The number of nitrogens with one attached hydrogen (secondary N) is 1. The fourth-order valence-corrected chi connectivity index (χ4v) is 2.48. The molecule has 0 amide bonds. The topological polar surface area (TPSA) is 47.3 Å². The van der Waals surface area contributed by atoms with Crippen LogP contribution in [0.25, 0.3) is 11.3 Å². The highest BCUT2D eigenvalue weighted by molar-refractivity contribution is 9.10. The molecule has 6 heteroatoms. The van der Waals surface area contributed by atoms with Crippen LogP contribution in [-0.4, -0.2) is 31.8 Å². The molecule has 0 aliphatic carbocycles. The lowest BCUT2D eigenvalue weighted by molar-refractivity contribution is 0.199. The zero-order valence-electron chi connectivity index (χ0n) is 11.9. The summed E-state index contributed by atoms with van der Waals surface area (Å²) in [6.45, 7) is 2.39. The molecule has 1 heterocycles. The molecule has 1 aromatic carbocycles. The lowest BCUT2D eigenvalue weighted by Crippen LogP contribution is -2.20. The Morgan fingerprint density at radius 3 is 3.00 bits per heavy atom. The summed E-state index contributed by atoms with van der Waals surface area (Å²) >= 11 is 3.33. The molecule has 0 aliphatic heterocycles. The minimum Gasteiger partial charge on any atom is -0.441 e. The average Bonchev–Trinajstić information content (AvgIpc) is 2.91. The van der Waals surface area contributed by atoms with E-state index in [1.165, 1.54) is 6.07 Å². The Morgan fingerprint density at radius 2 is 2.24 bits per heavy atom. The highest BCUT2D eigenvalue weighted by atomic mass is 79.9. The first-order valence-electron chi connectivity index (χ1n) is 6.81. The minimum absolute atomic E-state index is 0.326. The zero-order valence-corrected chi connectivity index (χ0v) is 13.5. The summed E-state index contributed by atoms with van der Waals surface area (Å²) in [6, 6.07) is 4.83. The molecule has 2 rings (SSSR count). The van der Waals surface area contributed by atoms with Crippen molar-refractivity contribution in [2.75, 3.05) is 26.8 Å². The van der Waals surface area contributed by atoms with E-state index in [4.69, 9.17) is 9.15 Å². The van der Waals surface area contributed by atoms with Gasteiger partial charge in [0.15, 0.2) is 11.7 Å². The van der Waals surface area contributed by atoms with Crippen molar-refractivity contribution >= 4 is 15.9 Å². The van der Waals surface area contributed by atoms with Crippen LogP contribution in [0.4, 0.5) is 4.39 Å². The Hall–Kier alpha value is -1.24. The van der Waals surface area contributed by atoms with Gasteiger partial charge in [-0.3, -0.25) is 0 Å². The van der Waals surface area contributed by atoms with Crippen LogP contribution in [-0.2, 0) is 11.2 Å². The van der Waals surface area contributed by atoms with Crippen molar-refractivity contribution in [1.29, 1.82) is 0 Å². The Labute approximate surface area is 131 Å². The minimum atomic E-state index is -0.326. The fourth-order valence-electron chi connectivity index (χ4n) is 1.94. The Kier molecular flexibility index (Phi) is 6.35. The predicted molar refractivity (Wildman–Crippen MR) is 82.7 cm³/mol. The van der Waals surface area contributed by atoms with Gasteiger partial charge in [0.2, 0.25) is 0 Å². The van der Waals surface area contributed by atoms with Crippen LogP contribution in [0, 0.1) is 5.82 Å². The molecule has 114 valence electrons. The summed E-state index contributed by atoms with van der Waals surface area (Å²) in [5, 5.41) is 3.25. The smallest absolute Gasteiger partial charge is 0.194 e. The second-order valence-electron chi connectivity index (χ2n) is 4.56. The Morgan fingerprint density at radius 1 is 1.38 bits per heavy atom. The summed E-state index contributed by atoms with van der Waals surface area (Å²) in [4.78, 5) is 4.20. The third-order valence-corrected chi connectivity index (χ3v) is 3.65. The van der Waals surface area contributed by atoms with Gasteiger partial charge in [-0.1, -0.05) is 6.07 Å². The standard InChI is InChI=1S/C15H18BrFN2O2/c1-20-9-8-18-7-3-6-14-19-10-13(21-14)15-11(16)4-2-5-12(15)17/h2,4-5,10,18H,3,6-9H2,1H3. The molecule has 0 atom stereocenters. The van der Waals surface area contributed by atoms with E-state index < -0.39 is 0 Å². The molecular formula is C15H18BrFN2O2. The number of oxazole rings is 1. The molecule has 0 unspecified atom stereocenters. The van der Waals surface area contributed by atoms with Gasteiger partial charge in [0, 0.05) is 24.5 Å². The van der Waals surface area contributed by atoms with Crippen LogP contribution >= 0.6 is 15.9 Å². The van der Waals surface area contributed by atoms with Crippen molar-refractivity contribution < 1.29 is 13.5 Å². The third kappa shape index (κ3) is 4.62. The number of nitrogens with zero attached hydrogens (tertiary/aromatic N) is 1. The van der Waals surface area contributed by atoms with E-state index in [0.717, 1.165) is 19.5 Å². The normalized spacial score (nSPS) is 11.0. The molecule has 0 aliphatic rings. The summed E-state index contributed by atoms with van der Waals surface area (Å²) in [5.74, 6) is 0.740. The number of aryl methyl sites for hydroxylation is 1. The van der Waals surface area contributed by atoms with Gasteiger partial charge in [0.25, 0.3) is 0 Å². The predicted octanol–water partition coefficient (Wildman–Crippen LogP) is 3.41. The van der Waals surface area contributed by atoms with Gasteiger partial charge >= 0.3 is 0 Å². The number of benzene rings is 1. The van der Waals surface area contributed by atoms with E-state index in [1.54, 1.807) is 25.4 Å². The quantitative estimate of drug-likeness (QED) is 0.736. The van der Waals surface area contributed by atoms with Gasteiger partial charge < -0.3 is 14.5 Å². The first kappa shape index (κ1) is 16.1. The lowest BCUT2D eigenvalue weighted by atomic mass is 10.2. The van der Waals surface area contributed by atoms with E-state index in [9.17, 15) is 4.39 Å². The number of hydrogen-bond acceptors (Lipinski definition) is 4. The van der Waals surface area contributed by atoms with Gasteiger partial charge in [-0.05, 0) is 41.0 Å². The Balaban J connectivity index is 1.90. The second-order valence-corrected chi connectivity index (χ2v) is 5.42. The van der Waals surface area contributed by atoms with E-state index in [0.29, 0.717) is 34.7 Å². The maximum absolute atomic E-state index is 13.8. The molecule has 0 saturated carbocycles. The molecular weight excluding hydrogens is 339 g/mol. The van der Waals surface area contributed by atoms with Crippen LogP contribution in [0.1, 0.15) is 12.3 Å². The van der Waals surface area contributed by atoms with Crippen LogP contribution in [0.15, 0.2) is 33.3 Å². The molecule has 4 nitrogen and oxygen atoms in total. The molecule has 0 radical (unpaired) electrons. The van der Waals surface area contributed by atoms with Crippen LogP contribution in [0.5, 0.6) is 0 Å². The molecule has 0 fully saturated rings. The molecule has 21 heavy (non-hydrogen) atoms. The van der Waals surface area contributed by atoms with Gasteiger partial charge in [-0.25, -0.2) is 9.37 Å². The van der Waals surface area contributed by atoms with Crippen LogP contribution in [0.3, 0.4) is 0 Å². The number of hydrogen-bond donors (Lipinski definition) is 1. The summed E-state index contributed by atoms with van der Waals surface area (Å²) < 4.78 is 25.1. The SMILES string of the molecule is COCCNCCCc1ncc(-c2c(F)cccc2Br)o1. The molecule has 2 aromatic rings. The number of methoxy groups -OCH3 is 1. The van der Waals surface area contributed by atoms with Crippen molar-refractivity contribution in [2.24, 2.45) is 0 Å². The van der Waals surface area contributed by atoms with E-state index in [-0.39, 0.29) is 5.82 Å². The van der Waals surface area contributed by atoms with E-state index in [2.05, 4.69) is 26.2 Å². The zero-order chi connectivity index (χ0) is 15.1. The van der Waals surface area contributed by atoms with Crippen molar-refractivity contribution in [3.05, 3.63) is 40.6 Å². The van der Waals surface area contributed by atoms with Crippen molar-refractivity contribution in [3.63, 3.8) is 0 Å². The maximum atomic E-state index is 13.8. The highest BCUT2D eigenvalue weighted by Crippen LogP contribution is 2.31. The molecule has 0 saturated heterocycles. The van der Waals surface area contributed by atoms with Gasteiger partial charge in [0.05, 0.1) is 18.4 Å².